The Balaban J connectivity index is 1.72. The van der Waals surface area contributed by atoms with Crippen LogP contribution in [0, 0.1) is 13.8 Å². The molecule has 1 aromatic rings. The van der Waals surface area contributed by atoms with Crippen LogP contribution in [-0.2, 0) is 16.0 Å². The number of rotatable bonds is 7. The van der Waals surface area contributed by atoms with Crippen LogP contribution < -0.4 is 5.32 Å². The van der Waals surface area contributed by atoms with E-state index in [2.05, 4.69) is 20.2 Å². The Bertz CT molecular complexity index is 502. The minimum Gasteiger partial charge on any atom is -0.444 e. The zero-order valence-electron chi connectivity index (χ0n) is 15.3. The molecule has 0 radical (unpaired) electrons. The largest absolute Gasteiger partial charge is 0.444 e. The minimum atomic E-state index is 0.341. The zero-order chi connectivity index (χ0) is 17.4. The number of aromatic nitrogens is 1. The third-order valence-corrected chi connectivity index (χ3v) is 4.27. The molecule has 0 spiro atoms. The Morgan fingerprint density at radius 1 is 1.33 bits per heavy atom. The van der Waals surface area contributed by atoms with E-state index < -0.39 is 0 Å². The summed E-state index contributed by atoms with van der Waals surface area (Å²) in [5, 5.41) is 3.33. The summed E-state index contributed by atoms with van der Waals surface area (Å²) in [5.74, 6) is 2.46. The van der Waals surface area contributed by atoms with E-state index in [9.17, 15) is 0 Å². The lowest BCUT2D eigenvalue weighted by Crippen LogP contribution is -2.46. The second-order valence-electron chi connectivity index (χ2n) is 6.05. The maximum absolute atomic E-state index is 5.90. The Labute approximate surface area is 144 Å². The summed E-state index contributed by atoms with van der Waals surface area (Å²) in [6, 6.07) is 0. The molecule has 7 nitrogen and oxygen atoms in total. The monoisotopic (exact) mass is 338 g/mol. The summed E-state index contributed by atoms with van der Waals surface area (Å²) < 4.78 is 16.5. The molecule has 0 unspecified atom stereocenters. The van der Waals surface area contributed by atoms with Gasteiger partial charge in [-0.2, -0.15) is 0 Å². The number of aryl methyl sites for hydroxylation is 2. The maximum Gasteiger partial charge on any atom is 0.214 e. The van der Waals surface area contributed by atoms with Crippen LogP contribution in [0.2, 0.25) is 0 Å². The number of nitrogens with zero attached hydrogens (tertiary/aromatic N) is 3. The summed E-state index contributed by atoms with van der Waals surface area (Å²) in [6.07, 6.45) is 3.33. The Kier molecular flexibility index (Phi) is 7.52. The van der Waals surface area contributed by atoms with E-state index in [0.717, 1.165) is 63.0 Å². The van der Waals surface area contributed by atoms with Crippen molar-refractivity contribution in [3.8, 4) is 0 Å². The average molecular weight is 338 g/mol. The molecule has 0 bridgehead atoms. The molecule has 0 amide bonds. The Morgan fingerprint density at radius 3 is 2.67 bits per heavy atom. The number of likely N-dealkylation sites (tertiary alicyclic amines) is 1. The first-order chi connectivity index (χ1) is 11.6. The van der Waals surface area contributed by atoms with Crippen molar-refractivity contribution in [1.82, 2.24) is 15.2 Å². The highest BCUT2D eigenvalue weighted by atomic mass is 16.5. The van der Waals surface area contributed by atoms with Crippen molar-refractivity contribution in [2.45, 2.75) is 45.8 Å². The molecule has 0 saturated carbocycles. The number of hydrogen-bond acceptors (Lipinski definition) is 5. The molecular weight excluding hydrogens is 308 g/mol. The molecule has 2 heterocycles. The minimum absolute atomic E-state index is 0.341. The zero-order valence-corrected chi connectivity index (χ0v) is 15.3. The van der Waals surface area contributed by atoms with Crippen molar-refractivity contribution in [2.75, 3.05) is 40.5 Å². The Hall–Kier alpha value is -1.60. The van der Waals surface area contributed by atoms with Crippen LogP contribution >= 0.6 is 0 Å². The van der Waals surface area contributed by atoms with Crippen molar-refractivity contribution in [2.24, 2.45) is 4.99 Å². The summed E-state index contributed by atoms with van der Waals surface area (Å²) in [7, 11) is 3.53. The van der Waals surface area contributed by atoms with Gasteiger partial charge in [-0.15, -0.1) is 0 Å². The van der Waals surface area contributed by atoms with Gasteiger partial charge in [-0.05, 0) is 33.1 Å². The summed E-state index contributed by atoms with van der Waals surface area (Å²) >= 11 is 0. The first-order valence-corrected chi connectivity index (χ1v) is 8.63. The first kappa shape index (κ1) is 18.7. The predicted octanol–water partition coefficient (Wildman–Crippen LogP) is 1.88. The fourth-order valence-electron chi connectivity index (χ4n) is 2.79. The maximum atomic E-state index is 5.90. The Morgan fingerprint density at radius 2 is 2.08 bits per heavy atom. The molecule has 1 fully saturated rings. The van der Waals surface area contributed by atoms with Crippen molar-refractivity contribution in [3.05, 3.63) is 17.3 Å². The molecule has 136 valence electrons. The van der Waals surface area contributed by atoms with Crippen LogP contribution in [0.4, 0.5) is 0 Å². The molecule has 1 N–H and O–H groups in total. The van der Waals surface area contributed by atoms with Crippen LogP contribution in [0.15, 0.2) is 9.41 Å². The average Bonchev–Trinajstić information content (AvgIpc) is 2.91. The highest BCUT2D eigenvalue weighted by molar-refractivity contribution is 5.79. The molecule has 7 heteroatoms. The van der Waals surface area contributed by atoms with Gasteiger partial charge in [-0.1, -0.05) is 0 Å². The number of guanidine groups is 1. The van der Waals surface area contributed by atoms with Gasteiger partial charge in [0.2, 0.25) is 5.89 Å². The molecule has 1 aliphatic rings. The van der Waals surface area contributed by atoms with Gasteiger partial charge in [0, 0.05) is 40.5 Å². The molecule has 0 aliphatic carbocycles. The summed E-state index contributed by atoms with van der Waals surface area (Å²) in [4.78, 5) is 11.0. The highest BCUT2D eigenvalue weighted by Gasteiger charge is 2.22. The van der Waals surface area contributed by atoms with E-state index in [4.69, 9.17) is 13.9 Å². The van der Waals surface area contributed by atoms with Crippen molar-refractivity contribution < 1.29 is 13.9 Å². The molecule has 24 heavy (non-hydrogen) atoms. The van der Waals surface area contributed by atoms with Crippen molar-refractivity contribution in [1.29, 1.82) is 0 Å². The van der Waals surface area contributed by atoms with E-state index in [1.165, 1.54) is 0 Å². The number of nitrogens with one attached hydrogen (secondary N) is 1. The molecule has 2 rings (SSSR count). The number of aliphatic imine (C=N–C) groups is 1. The van der Waals surface area contributed by atoms with Crippen LogP contribution in [-0.4, -0.2) is 62.4 Å². The van der Waals surface area contributed by atoms with Gasteiger partial charge in [-0.25, -0.2) is 4.98 Å². The lowest BCUT2D eigenvalue weighted by molar-refractivity contribution is 0.00988. The van der Waals surface area contributed by atoms with Crippen molar-refractivity contribution in [3.63, 3.8) is 0 Å². The van der Waals surface area contributed by atoms with Gasteiger partial charge in [-0.3, -0.25) is 4.99 Å². The number of methoxy groups -OCH3 is 1. The molecule has 0 aromatic carbocycles. The molecule has 0 atom stereocenters. The van der Waals surface area contributed by atoms with E-state index in [0.29, 0.717) is 18.5 Å². The lowest BCUT2D eigenvalue weighted by Gasteiger charge is -2.34. The predicted molar refractivity (Wildman–Crippen MR) is 93.2 cm³/mol. The van der Waals surface area contributed by atoms with E-state index in [-0.39, 0.29) is 0 Å². The first-order valence-electron chi connectivity index (χ1n) is 8.63. The van der Waals surface area contributed by atoms with Gasteiger partial charge in [0.25, 0.3) is 0 Å². The van der Waals surface area contributed by atoms with Gasteiger partial charge < -0.3 is 24.1 Å². The second-order valence-corrected chi connectivity index (χ2v) is 6.05. The fraction of sp³-hybridized carbons (Fsp3) is 0.765. The normalized spacial score (nSPS) is 16.7. The lowest BCUT2D eigenvalue weighted by atomic mass is 10.1. The topological polar surface area (TPSA) is 72.1 Å². The second kappa shape index (κ2) is 9.64. The fourth-order valence-corrected chi connectivity index (χ4v) is 2.79. The molecule has 1 aliphatic heterocycles. The standard InChI is InChI=1S/C17H30N4O3/c1-13-14(2)24-16(20-13)12-19-17(18-3)21-8-6-15(7-9-21)23-11-5-10-22-4/h15H,5-12H2,1-4H3,(H,18,19). The summed E-state index contributed by atoms with van der Waals surface area (Å²) in [5.41, 5.74) is 0.938. The number of hydrogen-bond donors (Lipinski definition) is 1. The molecular formula is C17H30N4O3. The molecule has 1 aromatic heterocycles. The highest BCUT2D eigenvalue weighted by Crippen LogP contribution is 2.14. The van der Waals surface area contributed by atoms with Gasteiger partial charge in [0.1, 0.15) is 5.76 Å². The third-order valence-electron chi connectivity index (χ3n) is 4.27. The number of oxazole rings is 1. The van der Waals surface area contributed by atoms with Crippen LogP contribution in [0.3, 0.4) is 0 Å². The van der Waals surface area contributed by atoms with E-state index in [1.807, 2.05) is 20.9 Å². The smallest absolute Gasteiger partial charge is 0.214 e. The SMILES string of the molecule is CN=C(NCc1nc(C)c(C)o1)N1CCC(OCCCOC)CC1. The summed E-state index contributed by atoms with van der Waals surface area (Å²) in [6.45, 7) is 7.85. The van der Waals surface area contributed by atoms with Gasteiger partial charge in [0.15, 0.2) is 5.96 Å². The van der Waals surface area contributed by atoms with Crippen LogP contribution in [0.25, 0.3) is 0 Å². The van der Waals surface area contributed by atoms with Crippen LogP contribution in [0.5, 0.6) is 0 Å². The van der Waals surface area contributed by atoms with E-state index in [1.54, 1.807) is 7.11 Å². The van der Waals surface area contributed by atoms with Gasteiger partial charge in [0.05, 0.1) is 18.3 Å². The van der Waals surface area contributed by atoms with Crippen molar-refractivity contribution >= 4 is 5.96 Å². The quantitative estimate of drug-likeness (QED) is 0.465. The third kappa shape index (κ3) is 5.49. The number of piperidine rings is 1. The van der Waals surface area contributed by atoms with Crippen LogP contribution in [0.1, 0.15) is 36.6 Å². The van der Waals surface area contributed by atoms with E-state index >= 15 is 0 Å². The van der Waals surface area contributed by atoms with Gasteiger partial charge >= 0.3 is 0 Å². The number of ether oxygens (including phenoxy) is 2. The molecule has 1 saturated heterocycles.